The largest absolute Gasteiger partial charge is 0.341 e. The van der Waals surface area contributed by atoms with E-state index in [4.69, 9.17) is 0 Å². The molecular formula is C15H27N5O. The second-order valence-corrected chi connectivity index (χ2v) is 6.33. The molecule has 21 heavy (non-hydrogen) atoms. The van der Waals surface area contributed by atoms with Crippen LogP contribution in [-0.4, -0.2) is 45.4 Å². The zero-order chi connectivity index (χ0) is 15.2. The molecule has 0 spiro atoms. The van der Waals surface area contributed by atoms with Crippen molar-refractivity contribution < 1.29 is 4.79 Å². The van der Waals surface area contributed by atoms with E-state index in [0.717, 1.165) is 31.7 Å². The van der Waals surface area contributed by atoms with Crippen LogP contribution in [0.3, 0.4) is 0 Å². The van der Waals surface area contributed by atoms with Crippen molar-refractivity contribution in [2.24, 2.45) is 11.8 Å². The maximum Gasteiger partial charge on any atom is 0.244 e. The Hall–Kier alpha value is -1.43. The predicted octanol–water partition coefficient (Wildman–Crippen LogP) is 1.28. The van der Waals surface area contributed by atoms with Gasteiger partial charge in [0.1, 0.15) is 6.54 Å². The highest BCUT2D eigenvalue weighted by atomic mass is 16.2. The van der Waals surface area contributed by atoms with Crippen molar-refractivity contribution >= 4 is 5.91 Å². The van der Waals surface area contributed by atoms with E-state index in [1.54, 1.807) is 4.68 Å². The number of aromatic nitrogens is 3. The summed E-state index contributed by atoms with van der Waals surface area (Å²) in [6, 6.07) is 0. The minimum absolute atomic E-state index is 0.145. The number of nitrogens with zero attached hydrogens (tertiary/aromatic N) is 4. The Bertz CT molecular complexity index is 449. The second-order valence-electron chi connectivity index (χ2n) is 6.33. The average Bonchev–Trinajstić information content (AvgIpc) is 2.85. The summed E-state index contributed by atoms with van der Waals surface area (Å²) in [4.78, 5) is 14.3. The summed E-state index contributed by atoms with van der Waals surface area (Å²) in [5.41, 5.74) is 0.886. The third-order valence-corrected chi connectivity index (χ3v) is 3.84. The molecule has 1 aliphatic rings. The molecule has 2 unspecified atom stereocenters. The predicted molar refractivity (Wildman–Crippen MR) is 81.5 cm³/mol. The number of likely N-dealkylation sites (tertiary alicyclic amines) is 1. The van der Waals surface area contributed by atoms with Crippen molar-refractivity contribution in [3.8, 4) is 0 Å². The lowest BCUT2D eigenvalue weighted by molar-refractivity contribution is -0.134. The molecule has 1 fully saturated rings. The van der Waals surface area contributed by atoms with Crippen molar-refractivity contribution in [2.75, 3.05) is 19.6 Å². The fourth-order valence-electron chi connectivity index (χ4n) is 3.00. The van der Waals surface area contributed by atoms with E-state index in [-0.39, 0.29) is 5.91 Å². The molecule has 2 atom stereocenters. The van der Waals surface area contributed by atoms with Crippen molar-refractivity contribution in [2.45, 2.75) is 46.7 Å². The molecule has 0 bridgehead atoms. The van der Waals surface area contributed by atoms with Crippen molar-refractivity contribution in [3.63, 3.8) is 0 Å². The molecule has 0 saturated carbocycles. The van der Waals surface area contributed by atoms with Crippen molar-refractivity contribution in [1.82, 2.24) is 25.2 Å². The summed E-state index contributed by atoms with van der Waals surface area (Å²) in [5, 5.41) is 11.4. The number of rotatable bonds is 6. The van der Waals surface area contributed by atoms with Gasteiger partial charge in [-0.25, -0.2) is 4.68 Å². The lowest BCUT2D eigenvalue weighted by Gasteiger charge is -2.34. The SMILES string of the molecule is CCCNCc1cn(CC(=O)N2CC(C)CC(C)C2)nn1. The topological polar surface area (TPSA) is 63.1 Å². The van der Waals surface area contributed by atoms with Crippen LogP contribution in [0, 0.1) is 11.8 Å². The van der Waals surface area contributed by atoms with Crippen LogP contribution in [0.2, 0.25) is 0 Å². The summed E-state index contributed by atoms with van der Waals surface area (Å²) in [7, 11) is 0. The first-order valence-electron chi connectivity index (χ1n) is 7.96. The molecule has 6 heteroatoms. The van der Waals surface area contributed by atoms with E-state index in [0.29, 0.717) is 24.9 Å². The first-order valence-corrected chi connectivity index (χ1v) is 7.96. The number of piperidine rings is 1. The zero-order valence-electron chi connectivity index (χ0n) is 13.4. The van der Waals surface area contributed by atoms with Crippen LogP contribution in [0.25, 0.3) is 0 Å². The van der Waals surface area contributed by atoms with E-state index in [9.17, 15) is 4.79 Å². The molecule has 1 aliphatic heterocycles. The first kappa shape index (κ1) is 15.9. The van der Waals surface area contributed by atoms with E-state index >= 15 is 0 Å². The minimum atomic E-state index is 0.145. The van der Waals surface area contributed by atoms with Gasteiger partial charge in [-0.3, -0.25) is 4.79 Å². The molecule has 1 aromatic heterocycles. The molecule has 1 amide bonds. The fourth-order valence-corrected chi connectivity index (χ4v) is 3.00. The maximum atomic E-state index is 12.3. The monoisotopic (exact) mass is 293 g/mol. The number of carbonyl (C=O) groups excluding carboxylic acids is 1. The van der Waals surface area contributed by atoms with Gasteiger partial charge >= 0.3 is 0 Å². The van der Waals surface area contributed by atoms with Crippen LogP contribution >= 0.6 is 0 Å². The maximum absolute atomic E-state index is 12.3. The zero-order valence-corrected chi connectivity index (χ0v) is 13.4. The Morgan fingerprint density at radius 1 is 1.38 bits per heavy atom. The molecule has 0 radical (unpaired) electrons. The third kappa shape index (κ3) is 4.81. The molecule has 1 saturated heterocycles. The van der Waals surface area contributed by atoms with Gasteiger partial charge in [-0.1, -0.05) is 26.0 Å². The normalized spacial score (nSPS) is 22.5. The van der Waals surface area contributed by atoms with Crippen molar-refractivity contribution in [3.05, 3.63) is 11.9 Å². The van der Waals surface area contributed by atoms with Crippen LogP contribution in [0.15, 0.2) is 6.20 Å². The third-order valence-electron chi connectivity index (χ3n) is 3.84. The Morgan fingerprint density at radius 3 is 2.76 bits per heavy atom. The highest BCUT2D eigenvalue weighted by molar-refractivity contribution is 5.76. The van der Waals surface area contributed by atoms with Gasteiger partial charge in [0.05, 0.1) is 11.9 Å². The summed E-state index contributed by atoms with van der Waals surface area (Å²) in [5.74, 6) is 1.32. The van der Waals surface area contributed by atoms with Gasteiger partial charge in [0.25, 0.3) is 0 Å². The molecule has 6 nitrogen and oxygen atoms in total. The van der Waals surface area contributed by atoms with Gasteiger partial charge < -0.3 is 10.2 Å². The van der Waals surface area contributed by atoms with Crippen LogP contribution in [0.5, 0.6) is 0 Å². The summed E-state index contributed by atoms with van der Waals surface area (Å²) in [6.45, 7) is 10.2. The standard InChI is InChI=1S/C15H27N5O/c1-4-5-16-7-14-10-20(18-17-14)11-15(21)19-8-12(2)6-13(3)9-19/h10,12-13,16H,4-9,11H2,1-3H3. The molecule has 1 N–H and O–H groups in total. The smallest absolute Gasteiger partial charge is 0.244 e. The minimum Gasteiger partial charge on any atom is -0.341 e. The Balaban J connectivity index is 1.84. The van der Waals surface area contributed by atoms with Gasteiger partial charge in [-0.05, 0) is 31.2 Å². The average molecular weight is 293 g/mol. The lowest BCUT2D eigenvalue weighted by Crippen LogP contribution is -2.44. The number of carbonyl (C=O) groups is 1. The van der Waals surface area contributed by atoms with E-state index in [1.807, 2.05) is 11.1 Å². The Labute approximate surface area is 126 Å². The van der Waals surface area contributed by atoms with E-state index < -0.39 is 0 Å². The number of amides is 1. The summed E-state index contributed by atoms with van der Waals surface area (Å²) in [6.07, 6.45) is 4.16. The molecule has 2 rings (SSSR count). The number of hydrogen-bond acceptors (Lipinski definition) is 4. The first-order chi connectivity index (χ1) is 10.1. The highest BCUT2D eigenvalue weighted by Gasteiger charge is 2.25. The van der Waals surface area contributed by atoms with Gasteiger partial charge in [0.2, 0.25) is 5.91 Å². The second kappa shape index (κ2) is 7.54. The fraction of sp³-hybridized carbons (Fsp3) is 0.800. The van der Waals surface area contributed by atoms with Crippen LogP contribution in [-0.2, 0) is 17.9 Å². The quantitative estimate of drug-likeness (QED) is 0.803. The highest BCUT2D eigenvalue weighted by Crippen LogP contribution is 2.21. The summed E-state index contributed by atoms with van der Waals surface area (Å²) >= 11 is 0. The van der Waals surface area contributed by atoms with Crippen molar-refractivity contribution in [1.29, 1.82) is 0 Å². The summed E-state index contributed by atoms with van der Waals surface area (Å²) < 4.78 is 1.65. The molecular weight excluding hydrogens is 266 g/mol. The van der Waals surface area contributed by atoms with Crippen LogP contribution in [0.1, 0.15) is 39.3 Å². The molecule has 1 aromatic rings. The molecule has 2 heterocycles. The van der Waals surface area contributed by atoms with Gasteiger partial charge in [-0.15, -0.1) is 5.10 Å². The number of nitrogens with one attached hydrogen (secondary N) is 1. The Morgan fingerprint density at radius 2 is 2.10 bits per heavy atom. The van der Waals surface area contributed by atoms with E-state index in [2.05, 4.69) is 36.4 Å². The number of hydrogen-bond donors (Lipinski definition) is 1. The van der Waals surface area contributed by atoms with E-state index in [1.165, 1.54) is 6.42 Å². The molecule has 0 aromatic carbocycles. The molecule has 0 aliphatic carbocycles. The molecule has 118 valence electrons. The Kier molecular flexibility index (Phi) is 5.73. The lowest BCUT2D eigenvalue weighted by atomic mass is 9.92. The van der Waals surface area contributed by atoms with Crippen LogP contribution < -0.4 is 5.32 Å². The van der Waals surface area contributed by atoms with Crippen LogP contribution in [0.4, 0.5) is 0 Å². The van der Waals surface area contributed by atoms with Gasteiger partial charge in [0.15, 0.2) is 0 Å². The van der Waals surface area contributed by atoms with Gasteiger partial charge in [0, 0.05) is 19.6 Å². The van der Waals surface area contributed by atoms with Gasteiger partial charge in [-0.2, -0.15) is 0 Å².